The fraction of sp³-hybridized carbons (Fsp3) is 0.267. The molecular weight excluding hydrogens is 311 g/mol. The standard InChI is InChI=1S/C15H14F3N3O2/c1-10(11-4-6-19-7-5-11)20-13(22)9-21-8-2-3-12(14(21)23)15(16,17)18/h2-8,10H,9H2,1H3,(H,20,22). The maximum absolute atomic E-state index is 12.7. The van der Waals surface area contributed by atoms with Crippen LogP contribution in [0, 0.1) is 0 Å². The Morgan fingerprint density at radius 2 is 1.96 bits per heavy atom. The summed E-state index contributed by atoms with van der Waals surface area (Å²) < 4.78 is 38.8. The number of halogens is 3. The molecule has 0 aliphatic rings. The van der Waals surface area contributed by atoms with Crippen LogP contribution in [-0.4, -0.2) is 15.5 Å². The third-order valence-corrected chi connectivity index (χ3v) is 3.22. The molecule has 0 aliphatic heterocycles. The number of carbonyl (C=O) groups excluding carboxylic acids is 1. The zero-order chi connectivity index (χ0) is 17.0. The number of aromatic nitrogens is 2. The van der Waals surface area contributed by atoms with E-state index in [1.807, 2.05) is 0 Å². The van der Waals surface area contributed by atoms with Crippen molar-refractivity contribution in [2.24, 2.45) is 0 Å². The Bertz CT molecular complexity index is 742. The maximum atomic E-state index is 12.7. The van der Waals surface area contributed by atoms with Gasteiger partial charge in [-0.25, -0.2) is 0 Å². The van der Waals surface area contributed by atoms with Crippen molar-refractivity contribution in [3.63, 3.8) is 0 Å². The minimum atomic E-state index is -4.75. The number of nitrogens with one attached hydrogen (secondary N) is 1. The Hall–Kier alpha value is -2.64. The molecule has 0 aromatic carbocycles. The van der Waals surface area contributed by atoms with Crippen LogP contribution in [-0.2, 0) is 17.5 Å². The number of hydrogen-bond donors (Lipinski definition) is 1. The number of hydrogen-bond acceptors (Lipinski definition) is 3. The summed E-state index contributed by atoms with van der Waals surface area (Å²) in [7, 11) is 0. The Morgan fingerprint density at radius 1 is 1.30 bits per heavy atom. The van der Waals surface area contributed by atoms with E-state index in [0.29, 0.717) is 6.07 Å². The number of rotatable bonds is 4. The van der Waals surface area contributed by atoms with E-state index in [9.17, 15) is 22.8 Å². The highest BCUT2D eigenvalue weighted by Gasteiger charge is 2.34. The smallest absolute Gasteiger partial charge is 0.348 e. The van der Waals surface area contributed by atoms with Gasteiger partial charge in [-0.15, -0.1) is 0 Å². The van der Waals surface area contributed by atoms with Gasteiger partial charge in [0, 0.05) is 18.6 Å². The fourth-order valence-electron chi connectivity index (χ4n) is 2.05. The molecule has 1 atom stereocenters. The fourth-order valence-corrected chi connectivity index (χ4v) is 2.05. The summed E-state index contributed by atoms with van der Waals surface area (Å²) in [6.45, 7) is 1.24. The van der Waals surface area contributed by atoms with Gasteiger partial charge in [0.1, 0.15) is 12.1 Å². The van der Waals surface area contributed by atoms with Crippen LogP contribution in [0.5, 0.6) is 0 Å². The predicted molar refractivity (Wildman–Crippen MR) is 76.5 cm³/mol. The third-order valence-electron chi connectivity index (χ3n) is 3.22. The van der Waals surface area contributed by atoms with E-state index < -0.39 is 29.8 Å². The SMILES string of the molecule is CC(NC(=O)Cn1cccc(C(F)(F)F)c1=O)c1ccncc1. The van der Waals surface area contributed by atoms with Gasteiger partial charge in [0.25, 0.3) is 5.56 Å². The van der Waals surface area contributed by atoms with Crippen molar-refractivity contribution in [3.05, 3.63) is 64.3 Å². The van der Waals surface area contributed by atoms with E-state index in [-0.39, 0.29) is 6.04 Å². The van der Waals surface area contributed by atoms with Gasteiger partial charge in [-0.05, 0) is 36.8 Å². The average molecular weight is 325 g/mol. The molecule has 0 bridgehead atoms. The van der Waals surface area contributed by atoms with Gasteiger partial charge in [-0.3, -0.25) is 14.6 Å². The first-order chi connectivity index (χ1) is 10.8. The quantitative estimate of drug-likeness (QED) is 0.937. The number of pyridine rings is 2. The molecule has 0 saturated carbocycles. The van der Waals surface area contributed by atoms with Crippen molar-refractivity contribution in [2.75, 3.05) is 0 Å². The molecule has 2 aromatic heterocycles. The van der Waals surface area contributed by atoms with Gasteiger partial charge in [-0.1, -0.05) is 0 Å². The van der Waals surface area contributed by atoms with Gasteiger partial charge < -0.3 is 9.88 Å². The molecule has 0 spiro atoms. The molecule has 23 heavy (non-hydrogen) atoms. The Morgan fingerprint density at radius 3 is 2.57 bits per heavy atom. The molecule has 0 saturated heterocycles. The van der Waals surface area contributed by atoms with Gasteiger partial charge in [0.15, 0.2) is 0 Å². The second kappa shape index (κ2) is 6.64. The molecule has 8 heteroatoms. The average Bonchev–Trinajstić information content (AvgIpc) is 2.49. The Balaban J connectivity index is 2.11. The van der Waals surface area contributed by atoms with E-state index in [1.165, 1.54) is 0 Å². The van der Waals surface area contributed by atoms with Crippen molar-refractivity contribution in [1.29, 1.82) is 0 Å². The summed E-state index contributed by atoms with van der Waals surface area (Å²) in [6, 6.07) is 4.84. The number of carbonyl (C=O) groups is 1. The molecule has 1 unspecified atom stereocenters. The molecule has 2 aromatic rings. The summed E-state index contributed by atoms with van der Waals surface area (Å²) in [5, 5.41) is 2.62. The molecule has 0 aliphatic carbocycles. The van der Waals surface area contributed by atoms with Crippen molar-refractivity contribution < 1.29 is 18.0 Å². The molecule has 1 N–H and O–H groups in total. The highest BCUT2D eigenvalue weighted by atomic mass is 19.4. The van der Waals surface area contributed by atoms with Crippen LogP contribution < -0.4 is 10.9 Å². The van der Waals surface area contributed by atoms with Crippen LogP contribution in [0.15, 0.2) is 47.7 Å². The first-order valence-corrected chi connectivity index (χ1v) is 6.75. The van der Waals surface area contributed by atoms with Crippen LogP contribution in [0.25, 0.3) is 0 Å². The summed E-state index contributed by atoms with van der Waals surface area (Å²) >= 11 is 0. The summed E-state index contributed by atoms with van der Waals surface area (Å²) in [6.07, 6.45) is -0.472. The second-order valence-electron chi connectivity index (χ2n) is 4.92. The van der Waals surface area contributed by atoms with Crippen molar-refractivity contribution in [1.82, 2.24) is 14.9 Å². The molecule has 0 radical (unpaired) electrons. The normalized spacial score (nSPS) is 12.7. The third kappa shape index (κ3) is 4.18. The summed E-state index contributed by atoms with van der Waals surface area (Å²) in [5.74, 6) is -0.560. The highest BCUT2D eigenvalue weighted by molar-refractivity contribution is 5.76. The zero-order valence-corrected chi connectivity index (χ0v) is 12.2. The van der Waals surface area contributed by atoms with Crippen LogP contribution in [0.3, 0.4) is 0 Å². The lowest BCUT2D eigenvalue weighted by atomic mass is 10.1. The summed E-state index contributed by atoms with van der Waals surface area (Å²) in [4.78, 5) is 27.6. The van der Waals surface area contributed by atoms with Gasteiger partial charge in [0.2, 0.25) is 5.91 Å². The molecule has 2 heterocycles. The molecule has 0 fully saturated rings. The second-order valence-corrected chi connectivity index (χ2v) is 4.92. The Kier molecular flexibility index (Phi) is 4.83. The van der Waals surface area contributed by atoms with Gasteiger partial charge in [0.05, 0.1) is 6.04 Å². The molecule has 5 nitrogen and oxygen atoms in total. The lowest BCUT2D eigenvalue weighted by Crippen LogP contribution is -2.35. The number of alkyl halides is 3. The van der Waals surface area contributed by atoms with Gasteiger partial charge in [-0.2, -0.15) is 13.2 Å². The van der Waals surface area contributed by atoms with Crippen LogP contribution in [0.2, 0.25) is 0 Å². The Labute approximate surface area is 129 Å². The monoisotopic (exact) mass is 325 g/mol. The van der Waals surface area contributed by atoms with E-state index in [0.717, 1.165) is 22.4 Å². The van der Waals surface area contributed by atoms with Crippen LogP contribution in [0.1, 0.15) is 24.1 Å². The maximum Gasteiger partial charge on any atom is 0.421 e. The lowest BCUT2D eigenvalue weighted by Gasteiger charge is -2.15. The molecule has 2 rings (SSSR count). The van der Waals surface area contributed by atoms with Crippen molar-refractivity contribution >= 4 is 5.91 Å². The molecular formula is C15H14F3N3O2. The first-order valence-electron chi connectivity index (χ1n) is 6.75. The number of amides is 1. The van der Waals surface area contributed by atoms with E-state index >= 15 is 0 Å². The minimum absolute atomic E-state index is 0.355. The topological polar surface area (TPSA) is 64.0 Å². The van der Waals surface area contributed by atoms with E-state index in [1.54, 1.807) is 31.5 Å². The van der Waals surface area contributed by atoms with E-state index in [4.69, 9.17) is 0 Å². The zero-order valence-electron chi connectivity index (χ0n) is 12.2. The van der Waals surface area contributed by atoms with E-state index in [2.05, 4.69) is 10.3 Å². The van der Waals surface area contributed by atoms with Gasteiger partial charge >= 0.3 is 6.18 Å². The lowest BCUT2D eigenvalue weighted by molar-refractivity contribution is -0.139. The first kappa shape index (κ1) is 16.7. The molecule has 1 amide bonds. The van der Waals surface area contributed by atoms with Crippen LogP contribution in [0.4, 0.5) is 13.2 Å². The minimum Gasteiger partial charge on any atom is -0.348 e. The predicted octanol–water partition coefficient (Wildman–Crippen LogP) is 2.14. The number of nitrogens with zero attached hydrogens (tertiary/aromatic N) is 2. The molecule has 122 valence electrons. The van der Waals surface area contributed by atoms with Crippen molar-refractivity contribution in [3.8, 4) is 0 Å². The van der Waals surface area contributed by atoms with Crippen LogP contribution >= 0.6 is 0 Å². The highest BCUT2D eigenvalue weighted by Crippen LogP contribution is 2.25. The van der Waals surface area contributed by atoms with Crippen molar-refractivity contribution in [2.45, 2.75) is 25.7 Å². The largest absolute Gasteiger partial charge is 0.421 e. The summed E-state index contributed by atoms with van der Waals surface area (Å²) in [5.41, 5.74) is -1.74.